The summed E-state index contributed by atoms with van der Waals surface area (Å²) in [5.41, 5.74) is 4.85. The summed E-state index contributed by atoms with van der Waals surface area (Å²) < 4.78 is 23.7. The van der Waals surface area contributed by atoms with Gasteiger partial charge in [-0.3, -0.25) is 20.4 Å². The van der Waals surface area contributed by atoms with E-state index >= 15 is 0 Å². The quantitative estimate of drug-likeness (QED) is 0.561. The number of carbonyl (C=O) groups excluding carboxylic acids is 2. The highest BCUT2D eigenvalue weighted by Gasteiger charge is 2.07. The number of rotatable bonds is 8. The summed E-state index contributed by atoms with van der Waals surface area (Å²) in [5, 5.41) is 0. The molecule has 0 bridgehead atoms. The number of ether oxygens (including phenoxy) is 2. The molecule has 0 saturated carbocycles. The van der Waals surface area contributed by atoms with Crippen molar-refractivity contribution in [2.24, 2.45) is 0 Å². The molecular weight excluding hydrogens is 339 g/mol. The van der Waals surface area contributed by atoms with E-state index in [0.717, 1.165) is 5.75 Å². The van der Waals surface area contributed by atoms with Gasteiger partial charge < -0.3 is 9.47 Å². The van der Waals surface area contributed by atoms with Crippen LogP contribution in [0.25, 0.3) is 0 Å². The lowest BCUT2D eigenvalue weighted by atomic mass is 10.2. The van der Waals surface area contributed by atoms with Gasteiger partial charge in [0.05, 0.1) is 13.2 Å². The highest BCUT2D eigenvalue weighted by molar-refractivity contribution is 5.95. The molecule has 0 fully saturated rings. The maximum atomic E-state index is 12.8. The van der Waals surface area contributed by atoms with Crippen molar-refractivity contribution in [2.45, 2.75) is 19.8 Å². The first-order valence-electron chi connectivity index (χ1n) is 8.29. The van der Waals surface area contributed by atoms with Crippen molar-refractivity contribution in [1.29, 1.82) is 0 Å². The smallest absolute Gasteiger partial charge is 0.269 e. The molecule has 2 aromatic rings. The van der Waals surface area contributed by atoms with E-state index in [4.69, 9.17) is 9.47 Å². The Morgan fingerprint density at radius 1 is 0.923 bits per heavy atom. The zero-order chi connectivity index (χ0) is 18.8. The van der Waals surface area contributed by atoms with Gasteiger partial charge in [0.2, 0.25) is 5.91 Å². The van der Waals surface area contributed by atoms with Crippen LogP contribution in [0.2, 0.25) is 0 Å². The molecule has 2 N–H and O–H groups in total. The van der Waals surface area contributed by atoms with E-state index in [1.807, 2.05) is 19.1 Å². The van der Waals surface area contributed by atoms with Gasteiger partial charge in [-0.2, -0.15) is 0 Å². The molecule has 0 radical (unpaired) electrons. The Morgan fingerprint density at radius 2 is 1.54 bits per heavy atom. The monoisotopic (exact) mass is 360 g/mol. The third-order valence-electron chi connectivity index (χ3n) is 3.37. The summed E-state index contributed by atoms with van der Waals surface area (Å²) >= 11 is 0. The van der Waals surface area contributed by atoms with Crippen molar-refractivity contribution < 1.29 is 23.5 Å². The van der Waals surface area contributed by atoms with Gasteiger partial charge in [-0.05, 0) is 61.9 Å². The first-order valence-corrected chi connectivity index (χ1v) is 8.29. The molecule has 2 rings (SSSR count). The van der Waals surface area contributed by atoms with E-state index in [-0.39, 0.29) is 17.9 Å². The third kappa shape index (κ3) is 6.43. The zero-order valence-electron chi connectivity index (χ0n) is 14.5. The fourth-order valence-corrected chi connectivity index (χ4v) is 2.08. The molecule has 0 heterocycles. The molecule has 0 saturated heterocycles. The molecule has 2 aromatic carbocycles. The molecule has 0 aliphatic rings. The Morgan fingerprint density at radius 3 is 2.15 bits per heavy atom. The van der Waals surface area contributed by atoms with Gasteiger partial charge in [0.15, 0.2) is 0 Å². The van der Waals surface area contributed by atoms with Crippen LogP contribution in [-0.2, 0) is 4.79 Å². The normalized spacial score (nSPS) is 10.1. The van der Waals surface area contributed by atoms with Gasteiger partial charge in [-0.25, -0.2) is 4.39 Å². The number of carbonyl (C=O) groups is 2. The lowest BCUT2D eigenvalue weighted by molar-refractivity contribution is -0.122. The molecule has 0 aromatic heterocycles. The first kappa shape index (κ1) is 19.2. The zero-order valence-corrected chi connectivity index (χ0v) is 14.5. The number of benzene rings is 2. The highest BCUT2D eigenvalue weighted by atomic mass is 19.1. The Labute approximate surface area is 151 Å². The number of amides is 2. The lowest BCUT2D eigenvalue weighted by Crippen LogP contribution is -2.41. The van der Waals surface area contributed by atoms with Crippen LogP contribution in [0.5, 0.6) is 11.5 Å². The Hall–Kier alpha value is -3.09. The number of hydrazine groups is 1. The molecule has 2 amide bonds. The molecule has 6 nitrogen and oxygen atoms in total. The number of hydrogen-bond donors (Lipinski definition) is 2. The molecular formula is C19H21FN2O4. The Bertz CT molecular complexity index is 717. The van der Waals surface area contributed by atoms with Crippen molar-refractivity contribution in [2.75, 3.05) is 13.2 Å². The van der Waals surface area contributed by atoms with Gasteiger partial charge in [0, 0.05) is 12.0 Å². The minimum absolute atomic E-state index is 0.195. The van der Waals surface area contributed by atoms with E-state index in [2.05, 4.69) is 10.9 Å². The predicted octanol–water partition coefficient (Wildman–Crippen LogP) is 2.84. The predicted molar refractivity (Wildman–Crippen MR) is 94.3 cm³/mol. The fourth-order valence-electron chi connectivity index (χ4n) is 2.08. The molecule has 138 valence electrons. The van der Waals surface area contributed by atoms with Crippen molar-refractivity contribution in [1.82, 2.24) is 10.9 Å². The standard InChI is InChI=1S/C19H21FN2O4/c1-2-25-16-9-11-17(12-10-16)26-13-3-4-18(23)21-22-19(24)14-5-7-15(20)8-6-14/h5-12H,2-4,13H2,1H3,(H,21,23)(H,22,24). The second-order valence-corrected chi connectivity index (χ2v) is 5.37. The summed E-state index contributed by atoms with van der Waals surface area (Å²) in [6.07, 6.45) is 0.687. The second kappa shape index (κ2) is 10.0. The van der Waals surface area contributed by atoms with Crippen molar-refractivity contribution in [3.63, 3.8) is 0 Å². The molecule has 0 spiro atoms. The molecule has 0 unspecified atom stereocenters. The van der Waals surface area contributed by atoms with E-state index in [9.17, 15) is 14.0 Å². The molecule has 7 heteroatoms. The number of hydrogen-bond acceptors (Lipinski definition) is 4. The maximum Gasteiger partial charge on any atom is 0.269 e. The van der Waals surface area contributed by atoms with Crippen molar-refractivity contribution >= 4 is 11.8 Å². The average molecular weight is 360 g/mol. The summed E-state index contributed by atoms with van der Waals surface area (Å²) in [5.74, 6) is 0.187. The Kier molecular flexibility index (Phi) is 7.42. The van der Waals surface area contributed by atoms with Gasteiger partial charge in [-0.1, -0.05) is 0 Å². The molecule has 0 atom stereocenters. The van der Waals surface area contributed by atoms with E-state index in [1.54, 1.807) is 12.1 Å². The molecule has 26 heavy (non-hydrogen) atoms. The second-order valence-electron chi connectivity index (χ2n) is 5.37. The minimum Gasteiger partial charge on any atom is -0.494 e. The summed E-state index contributed by atoms with van der Waals surface area (Å²) in [6.45, 7) is 2.89. The average Bonchev–Trinajstić information content (AvgIpc) is 2.65. The number of nitrogens with one attached hydrogen (secondary N) is 2. The van der Waals surface area contributed by atoms with Crippen LogP contribution < -0.4 is 20.3 Å². The van der Waals surface area contributed by atoms with Crippen LogP contribution in [0.3, 0.4) is 0 Å². The maximum absolute atomic E-state index is 12.8. The topological polar surface area (TPSA) is 76.7 Å². The largest absolute Gasteiger partial charge is 0.494 e. The summed E-state index contributed by atoms with van der Waals surface area (Å²) in [4.78, 5) is 23.5. The van der Waals surface area contributed by atoms with Crippen LogP contribution >= 0.6 is 0 Å². The fraction of sp³-hybridized carbons (Fsp3) is 0.263. The minimum atomic E-state index is -0.510. The Balaban J connectivity index is 1.62. The summed E-state index contributed by atoms with van der Waals surface area (Å²) in [7, 11) is 0. The van der Waals surface area contributed by atoms with Gasteiger partial charge in [0.1, 0.15) is 17.3 Å². The molecule has 0 aliphatic heterocycles. The first-order chi connectivity index (χ1) is 12.6. The van der Waals surface area contributed by atoms with Crippen molar-refractivity contribution in [3.05, 3.63) is 59.9 Å². The van der Waals surface area contributed by atoms with E-state index in [1.165, 1.54) is 24.3 Å². The van der Waals surface area contributed by atoms with Crippen molar-refractivity contribution in [3.8, 4) is 11.5 Å². The van der Waals surface area contributed by atoms with Crippen LogP contribution in [0, 0.1) is 5.82 Å². The van der Waals surface area contributed by atoms with Gasteiger partial charge in [0.25, 0.3) is 5.91 Å². The van der Waals surface area contributed by atoms with Crippen LogP contribution in [-0.4, -0.2) is 25.0 Å². The van der Waals surface area contributed by atoms with Crippen LogP contribution in [0.15, 0.2) is 48.5 Å². The number of halogens is 1. The third-order valence-corrected chi connectivity index (χ3v) is 3.37. The molecule has 0 aliphatic carbocycles. The highest BCUT2D eigenvalue weighted by Crippen LogP contribution is 2.17. The van der Waals surface area contributed by atoms with E-state index < -0.39 is 11.7 Å². The lowest BCUT2D eigenvalue weighted by Gasteiger charge is -2.09. The van der Waals surface area contributed by atoms with Crippen LogP contribution in [0.4, 0.5) is 4.39 Å². The van der Waals surface area contributed by atoms with Gasteiger partial charge >= 0.3 is 0 Å². The summed E-state index contributed by atoms with van der Waals surface area (Å²) in [6, 6.07) is 12.3. The van der Waals surface area contributed by atoms with E-state index in [0.29, 0.717) is 25.4 Å². The van der Waals surface area contributed by atoms with Gasteiger partial charge in [-0.15, -0.1) is 0 Å². The SMILES string of the molecule is CCOc1ccc(OCCCC(=O)NNC(=O)c2ccc(F)cc2)cc1. The van der Waals surface area contributed by atoms with Crippen LogP contribution in [0.1, 0.15) is 30.1 Å².